The lowest BCUT2D eigenvalue weighted by Crippen LogP contribution is -2.25. The van der Waals surface area contributed by atoms with Crippen molar-refractivity contribution in [1.82, 2.24) is 0 Å². The Morgan fingerprint density at radius 1 is 0.700 bits per heavy atom. The van der Waals surface area contributed by atoms with Crippen LogP contribution in [-0.4, -0.2) is 0 Å². The maximum atomic E-state index is 2.48. The Kier molecular flexibility index (Phi) is 6.91. The lowest BCUT2D eigenvalue weighted by Gasteiger charge is -2.36. The first kappa shape index (κ1) is 16.4. The predicted molar refractivity (Wildman–Crippen MR) is 89.9 cm³/mol. The Hall–Kier alpha value is 0. The molecule has 3 atom stereocenters. The normalized spacial score (nSPS) is 38.9. The highest BCUT2D eigenvalue weighted by Crippen LogP contribution is 2.41. The van der Waals surface area contributed by atoms with Gasteiger partial charge in [-0.1, -0.05) is 78.6 Å². The van der Waals surface area contributed by atoms with E-state index in [1.54, 1.807) is 25.7 Å². The molecule has 0 spiro atoms. The molecule has 118 valence electrons. The minimum absolute atomic E-state index is 1.00. The van der Waals surface area contributed by atoms with Crippen LogP contribution in [0.5, 0.6) is 0 Å². The van der Waals surface area contributed by atoms with Gasteiger partial charge in [0.15, 0.2) is 0 Å². The first-order valence-electron chi connectivity index (χ1n) is 9.72. The standard InChI is InChI=1S/C20H38/c1-4-6-20-15-16(3)7-13-19(20)14-12-18-10-8-17(5-2)9-11-18/h16-20H,4-15H2,1-3H3. The van der Waals surface area contributed by atoms with E-state index in [-0.39, 0.29) is 0 Å². The molecule has 0 saturated heterocycles. The molecule has 2 fully saturated rings. The molecule has 0 heteroatoms. The summed E-state index contributed by atoms with van der Waals surface area (Å²) in [5.74, 6) is 5.29. The van der Waals surface area contributed by atoms with Gasteiger partial charge in [-0.3, -0.25) is 0 Å². The summed E-state index contributed by atoms with van der Waals surface area (Å²) in [6, 6.07) is 0. The van der Waals surface area contributed by atoms with Crippen LogP contribution in [0.15, 0.2) is 0 Å². The van der Waals surface area contributed by atoms with Crippen LogP contribution in [0.4, 0.5) is 0 Å². The third kappa shape index (κ3) is 4.78. The summed E-state index contributed by atoms with van der Waals surface area (Å²) in [6.07, 6.45) is 18.1. The van der Waals surface area contributed by atoms with Gasteiger partial charge in [0.2, 0.25) is 0 Å². The van der Waals surface area contributed by atoms with Crippen molar-refractivity contribution >= 4 is 0 Å². The van der Waals surface area contributed by atoms with Gasteiger partial charge in [-0.05, 0) is 48.9 Å². The highest BCUT2D eigenvalue weighted by Gasteiger charge is 2.29. The van der Waals surface area contributed by atoms with Crippen LogP contribution in [0, 0.1) is 29.6 Å². The van der Waals surface area contributed by atoms with Gasteiger partial charge >= 0.3 is 0 Å². The molecular formula is C20H38. The van der Waals surface area contributed by atoms with Crippen molar-refractivity contribution in [1.29, 1.82) is 0 Å². The van der Waals surface area contributed by atoms with Gasteiger partial charge in [-0.2, -0.15) is 0 Å². The summed E-state index contributed by atoms with van der Waals surface area (Å²) >= 11 is 0. The van der Waals surface area contributed by atoms with E-state index in [0.29, 0.717) is 0 Å². The summed E-state index contributed by atoms with van der Waals surface area (Å²) in [5, 5.41) is 0. The molecule has 0 aliphatic heterocycles. The molecule has 2 rings (SSSR count). The highest BCUT2D eigenvalue weighted by molar-refractivity contribution is 4.80. The van der Waals surface area contributed by atoms with E-state index in [4.69, 9.17) is 0 Å². The average Bonchev–Trinajstić information content (AvgIpc) is 2.47. The van der Waals surface area contributed by atoms with Crippen molar-refractivity contribution in [3.63, 3.8) is 0 Å². The molecule has 2 aliphatic carbocycles. The predicted octanol–water partition coefficient (Wildman–Crippen LogP) is 6.84. The summed E-state index contributed by atoms with van der Waals surface area (Å²) < 4.78 is 0. The minimum Gasteiger partial charge on any atom is -0.0654 e. The van der Waals surface area contributed by atoms with Gasteiger partial charge < -0.3 is 0 Å². The van der Waals surface area contributed by atoms with Crippen molar-refractivity contribution in [2.24, 2.45) is 29.6 Å². The Balaban J connectivity index is 1.72. The van der Waals surface area contributed by atoms with Gasteiger partial charge in [0, 0.05) is 0 Å². The highest BCUT2D eigenvalue weighted by atomic mass is 14.3. The fraction of sp³-hybridized carbons (Fsp3) is 1.00. The van der Waals surface area contributed by atoms with Gasteiger partial charge in [0.1, 0.15) is 0 Å². The van der Waals surface area contributed by atoms with Crippen molar-refractivity contribution in [3.8, 4) is 0 Å². The number of hydrogen-bond donors (Lipinski definition) is 0. The number of hydrogen-bond acceptors (Lipinski definition) is 0. The van der Waals surface area contributed by atoms with Gasteiger partial charge in [-0.25, -0.2) is 0 Å². The summed E-state index contributed by atoms with van der Waals surface area (Å²) in [7, 11) is 0. The molecule has 2 saturated carbocycles. The second-order valence-corrected chi connectivity index (χ2v) is 8.10. The summed E-state index contributed by atoms with van der Waals surface area (Å²) in [4.78, 5) is 0. The molecule has 20 heavy (non-hydrogen) atoms. The van der Waals surface area contributed by atoms with E-state index in [2.05, 4.69) is 20.8 Å². The van der Waals surface area contributed by atoms with Crippen LogP contribution in [0.25, 0.3) is 0 Å². The molecule has 0 amide bonds. The van der Waals surface area contributed by atoms with Crippen LogP contribution in [-0.2, 0) is 0 Å². The zero-order valence-electron chi connectivity index (χ0n) is 14.4. The van der Waals surface area contributed by atoms with E-state index in [1.807, 2.05) is 0 Å². The Morgan fingerprint density at radius 3 is 2.05 bits per heavy atom. The van der Waals surface area contributed by atoms with E-state index in [1.165, 1.54) is 51.4 Å². The molecule has 2 aliphatic rings. The molecule has 0 N–H and O–H groups in total. The maximum Gasteiger partial charge on any atom is -0.0383 e. The smallest absolute Gasteiger partial charge is 0.0383 e. The average molecular weight is 279 g/mol. The molecule has 0 heterocycles. The molecular weight excluding hydrogens is 240 g/mol. The van der Waals surface area contributed by atoms with E-state index >= 15 is 0 Å². The molecule has 0 radical (unpaired) electrons. The fourth-order valence-corrected chi connectivity index (χ4v) is 5.04. The van der Waals surface area contributed by atoms with Crippen LogP contribution < -0.4 is 0 Å². The first-order chi connectivity index (χ1) is 9.72. The van der Waals surface area contributed by atoms with E-state index < -0.39 is 0 Å². The van der Waals surface area contributed by atoms with Gasteiger partial charge in [0.05, 0.1) is 0 Å². The lowest BCUT2D eigenvalue weighted by atomic mass is 9.69. The first-order valence-corrected chi connectivity index (χ1v) is 9.72. The Morgan fingerprint density at radius 2 is 1.40 bits per heavy atom. The van der Waals surface area contributed by atoms with Gasteiger partial charge in [0.25, 0.3) is 0 Å². The maximum absolute atomic E-state index is 2.48. The van der Waals surface area contributed by atoms with Crippen LogP contribution in [0.1, 0.15) is 97.8 Å². The van der Waals surface area contributed by atoms with E-state index in [0.717, 1.165) is 29.6 Å². The summed E-state index contributed by atoms with van der Waals surface area (Å²) in [6.45, 7) is 7.23. The SMILES string of the molecule is CCCC1CC(C)CCC1CCC1CCC(CC)CC1. The monoisotopic (exact) mass is 278 g/mol. The molecule has 0 aromatic rings. The number of rotatable bonds is 6. The summed E-state index contributed by atoms with van der Waals surface area (Å²) in [5.41, 5.74) is 0. The second-order valence-electron chi connectivity index (χ2n) is 8.10. The molecule has 0 aromatic heterocycles. The molecule has 0 bridgehead atoms. The Bertz CT molecular complexity index is 249. The molecule has 0 nitrogen and oxygen atoms in total. The zero-order chi connectivity index (χ0) is 14.4. The Labute approximate surface area is 128 Å². The minimum atomic E-state index is 1.00. The van der Waals surface area contributed by atoms with Crippen molar-refractivity contribution in [2.75, 3.05) is 0 Å². The molecule has 3 unspecified atom stereocenters. The third-order valence-corrected chi connectivity index (χ3v) is 6.55. The second kappa shape index (κ2) is 8.44. The quantitative estimate of drug-likeness (QED) is 0.499. The van der Waals surface area contributed by atoms with Crippen LogP contribution >= 0.6 is 0 Å². The van der Waals surface area contributed by atoms with Crippen LogP contribution in [0.2, 0.25) is 0 Å². The topological polar surface area (TPSA) is 0 Å². The molecule has 0 aromatic carbocycles. The largest absolute Gasteiger partial charge is 0.0654 e. The third-order valence-electron chi connectivity index (χ3n) is 6.55. The fourth-order valence-electron chi connectivity index (χ4n) is 5.04. The van der Waals surface area contributed by atoms with Crippen molar-refractivity contribution in [2.45, 2.75) is 97.8 Å². The van der Waals surface area contributed by atoms with E-state index in [9.17, 15) is 0 Å². The van der Waals surface area contributed by atoms with Crippen molar-refractivity contribution < 1.29 is 0 Å². The van der Waals surface area contributed by atoms with Gasteiger partial charge in [-0.15, -0.1) is 0 Å². The van der Waals surface area contributed by atoms with Crippen LogP contribution in [0.3, 0.4) is 0 Å². The van der Waals surface area contributed by atoms with Crippen molar-refractivity contribution in [3.05, 3.63) is 0 Å². The lowest BCUT2D eigenvalue weighted by molar-refractivity contribution is 0.151. The zero-order valence-corrected chi connectivity index (χ0v) is 14.4.